The average Bonchev–Trinajstić information content (AvgIpc) is 2.24. The highest BCUT2D eigenvalue weighted by molar-refractivity contribution is 6.35. The number of amides is 1. The Morgan fingerprint density at radius 2 is 2.20 bits per heavy atom. The third-order valence-electron chi connectivity index (χ3n) is 2.19. The lowest BCUT2D eigenvalue weighted by atomic mass is 10.0. The minimum Gasteiger partial charge on any atom is -0.506 e. The number of hydrazone groups is 1. The molecule has 0 fully saturated rings. The predicted molar refractivity (Wildman–Crippen MR) is 57.0 cm³/mol. The zero-order valence-corrected chi connectivity index (χ0v) is 8.58. The summed E-state index contributed by atoms with van der Waals surface area (Å²) in [6.45, 7) is 0. The number of benzene rings is 1. The van der Waals surface area contributed by atoms with Gasteiger partial charge in [-0.2, -0.15) is 5.10 Å². The van der Waals surface area contributed by atoms with Crippen LogP contribution in [0.15, 0.2) is 23.3 Å². The molecule has 2 rings (SSSR count). The highest BCUT2D eigenvalue weighted by Gasteiger charge is 2.16. The minimum atomic E-state index is -0.102. The molecule has 1 amide bonds. The number of phenols is 1. The molecule has 0 aromatic heterocycles. The molecule has 0 bridgehead atoms. The van der Waals surface area contributed by atoms with Crippen molar-refractivity contribution in [1.29, 1.82) is 0 Å². The van der Waals surface area contributed by atoms with Gasteiger partial charge in [-0.3, -0.25) is 4.79 Å². The fourth-order valence-corrected chi connectivity index (χ4v) is 1.65. The average molecular weight is 225 g/mol. The van der Waals surface area contributed by atoms with E-state index in [9.17, 15) is 9.90 Å². The Hall–Kier alpha value is -1.55. The van der Waals surface area contributed by atoms with Crippen LogP contribution in [-0.2, 0) is 4.79 Å². The molecule has 1 heterocycles. The van der Waals surface area contributed by atoms with E-state index in [0.717, 1.165) is 0 Å². The smallest absolute Gasteiger partial charge is 0.240 e. The van der Waals surface area contributed by atoms with E-state index in [0.29, 0.717) is 24.1 Å². The lowest BCUT2D eigenvalue weighted by Crippen LogP contribution is -2.26. The summed E-state index contributed by atoms with van der Waals surface area (Å²) in [5.74, 6) is -0.0798. The maximum absolute atomic E-state index is 10.9. The summed E-state index contributed by atoms with van der Waals surface area (Å²) in [6.07, 6.45) is 0.930. The molecule has 0 saturated heterocycles. The number of hydrogen-bond donors (Lipinski definition) is 2. The first-order valence-corrected chi connectivity index (χ1v) is 4.89. The predicted octanol–water partition coefficient (Wildman–Crippen LogP) is 1.66. The molecule has 1 aromatic carbocycles. The largest absolute Gasteiger partial charge is 0.506 e. The van der Waals surface area contributed by atoms with Crippen molar-refractivity contribution in [2.45, 2.75) is 12.8 Å². The van der Waals surface area contributed by atoms with Crippen molar-refractivity contribution in [3.63, 3.8) is 0 Å². The van der Waals surface area contributed by atoms with Crippen LogP contribution in [0.4, 0.5) is 0 Å². The van der Waals surface area contributed by atoms with Crippen LogP contribution in [0.1, 0.15) is 18.4 Å². The number of hydrogen-bond acceptors (Lipinski definition) is 3. The molecule has 0 atom stereocenters. The van der Waals surface area contributed by atoms with Crippen molar-refractivity contribution in [1.82, 2.24) is 5.43 Å². The Bertz CT molecular complexity index is 443. The molecule has 15 heavy (non-hydrogen) atoms. The summed E-state index contributed by atoms with van der Waals surface area (Å²) in [6, 6.07) is 4.96. The summed E-state index contributed by atoms with van der Waals surface area (Å²) in [5.41, 5.74) is 3.74. The fourth-order valence-electron chi connectivity index (χ4n) is 1.41. The van der Waals surface area contributed by atoms with Crippen LogP contribution in [0, 0.1) is 0 Å². The van der Waals surface area contributed by atoms with E-state index in [2.05, 4.69) is 10.5 Å². The van der Waals surface area contributed by atoms with E-state index in [1.165, 1.54) is 6.07 Å². The zero-order chi connectivity index (χ0) is 10.8. The van der Waals surface area contributed by atoms with Gasteiger partial charge in [-0.15, -0.1) is 0 Å². The molecule has 0 aliphatic carbocycles. The highest BCUT2D eigenvalue weighted by atomic mass is 35.5. The number of carbonyl (C=O) groups excluding carboxylic acids is 1. The molecule has 2 N–H and O–H groups in total. The van der Waals surface area contributed by atoms with Crippen LogP contribution in [-0.4, -0.2) is 16.7 Å². The van der Waals surface area contributed by atoms with Gasteiger partial charge in [-0.05, 0) is 6.07 Å². The maximum Gasteiger partial charge on any atom is 0.240 e. The van der Waals surface area contributed by atoms with Crippen LogP contribution in [0.2, 0.25) is 5.02 Å². The van der Waals surface area contributed by atoms with Gasteiger partial charge in [0.25, 0.3) is 0 Å². The number of phenolic OH excluding ortho intramolecular Hbond substituents is 1. The molecular formula is C10H9ClN2O2. The number of aromatic hydroxyl groups is 1. The standard InChI is InChI=1S/C10H9ClN2O2/c11-10-6(2-1-3-8(10)14)7-4-5-9(15)13-12-7/h1-3,14H,4-5H2,(H,13,15). The fraction of sp³-hybridized carbons (Fsp3) is 0.200. The number of halogens is 1. The van der Waals surface area contributed by atoms with Gasteiger partial charge < -0.3 is 5.11 Å². The molecular weight excluding hydrogens is 216 g/mol. The summed E-state index contributed by atoms with van der Waals surface area (Å²) >= 11 is 5.92. The Morgan fingerprint density at radius 1 is 1.40 bits per heavy atom. The SMILES string of the molecule is O=C1CCC(c2cccc(O)c2Cl)=NN1. The van der Waals surface area contributed by atoms with Crippen LogP contribution >= 0.6 is 11.6 Å². The molecule has 4 nitrogen and oxygen atoms in total. The minimum absolute atomic E-state index is 0.0220. The Kier molecular flexibility index (Phi) is 2.60. The van der Waals surface area contributed by atoms with Crippen molar-refractivity contribution in [2.75, 3.05) is 0 Å². The Morgan fingerprint density at radius 3 is 2.87 bits per heavy atom. The van der Waals surface area contributed by atoms with Gasteiger partial charge in [0.1, 0.15) is 5.75 Å². The number of nitrogens with zero attached hydrogens (tertiary/aromatic N) is 1. The number of carbonyl (C=O) groups is 1. The maximum atomic E-state index is 10.9. The van der Waals surface area contributed by atoms with Crippen LogP contribution in [0.3, 0.4) is 0 Å². The van der Waals surface area contributed by atoms with Gasteiger partial charge in [-0.25, -0.2) is 5.43 Å². The van der Waals surface area contributed by atoms with Crippen LogP contribution < -0.4 is 5.43 Å². The van der Waals surface area contributed by atoms with Gasteiger partial charge in [0.05, 0.1) is 10.7 Å². The van der Waals surface area contributed by atoms with E-state index in [1.807, 2.05) is 0 Å². The lowest BCUT2D eigenvalue weighted by Gasteiger charge is -2.13. The molecule has 0 saturated carbocycles. The van der Waals surface area contributed by atoms with Crippen LogP contribution in [0.25, 0.3) is 0 Å². The van der Waals surface area contributed by atoms with E-state index >= 15 is 0 Å². The first kappa shape index (κ1) is 9.98. The van der Waals surface area contributed by atoms with Crippen molar-refractivity contribution >= 4 is 23.2 Å². The summed E-state index contributed by atoms with van der Waals surface area (Å²) in [4.78, 5) is 10.9. The highest BCUT2D eigenvalue weighted by Crippen LogP contribution is 2.28. The van der Waals surface area contributed by atoms with E-state index in [4.69, 9.17) is 11.6 Å². The van der Waals surface area contributed by atoms with Gasteiger partial charge in [0.2, 0.25) is 5.91 Å². The quantitative estimate of drug-likeness (QED) is 0.762. The van der Waals surface area contributed by atoms with Crippen molar-refractivity contribution in [3.8, 4) is 5.75 Å². The molecule has 0 radical (unpaired) electrons. The van der Waals surface area contributed by atoms with Gasteiger partial charge in [0, 0.05) is 18.4 Å². The number of rotatable bonds is 1. The molecule has 1 aliphatic heterocycles. The van der Waals surface area contributed by atoms with Crippen molar-refractivity contribution in [2.24, 2.45) is 5.10 Å². The third-order valence-corrected chi connectivity index (χ3v) is 2.59. The first-order valence-electron chi connectivity index (χ1n) is 4.52. The molecule has 78 valence electrons. The molecule has 0 spiro atoms. The normalized spacial score (nSPS) is 15.8. The van der Waals surface area contributed by atoms with Gasteiger partial charge in [-0.1, -0.05) is 23.7 Å². The molecule has 5 heteroatoms. The summed E-state index contributed by atoms with van der Waals surface area (Å²) in [7, 11) is 0. The van der Waals surface area contributed by atoms with E-state index in [1.54, 1.807) is 12.1 Å². The zero-order valence-electron chi connectivity index (χ0n) is 7.83. The Labute approximate surface area is 91.6 Å². The van der Waals surface area contributed by atoms with Gasteiger partial charge >= 0.3 is 0 Å². The molecule has 0 unspecified atom stereocenters. The lowest BCUT2D eigenvalue weighted by molar-refractivity contribution is -0.121. The van der Waals surface area contributed by atoms with E-state index < -0.39 is 0 Å². The summed E-state index contributed by atoms with van der Waals surface area (Å²) in [5, 5.41) is 13.6. The first-order chi connectivity index (χ1) is 7.18. The molecule has 1 aliphatic rings. The van der Waals surface area contributed by atoms with Crippen molar-refractivity contribution in [3.05, 3.63) is 28.8 Å². The second-order valence-corrected chi connectivity index (χ2v) is 3.61. The topological polar surface area (TPSA) is 61.7 Å². The summed E-state index contributed by atoms with van der Waals surface area (Å²) < 4.78 is 0. The second kappa shape index (κ2) is 3.90. The monoisotopic (exact) mass is 224 g/mol. The number of nitrogens with one attached hydrogen (secondary N) is 1. The third kappa shape index (κ3) is 1.94. The van der Waals surface area contributed by atoms with E-state index in [-0.39, 0.29) is 16.7 Å². The van der Waals surface area contributed by atoms with Crippen LogP contribution in [0.5, 0.6) is 5.75 Å². The van der Waals surface area contributed by atoms with Crippen molar-refractivity contribution < 1.29 is 9.90 Å². The molecule has 1 aromatic rings. The second-order valence-electron chi connectivity index (χ2n) is 3.23. The van der Waals surface area contributed by atoms with Gasteiger partial charge in [0.15, 0.2) is 0 Å². The Balaban J connectivity index is 2.38.